The predicted octanol–water partition coefficient (Wildman–Crippen LogP) is 2.75. The van der Waals surface area contributed by atoms with E-state index in [2.05, 4.69) is 38.0 Å². The number of hydrogen-bond donors (Lipinski definition) is 4. The second kappa shape index (κ2) is 5.97. The first-order valence-corrected chi connectivity index (χ1v) is 7.85. The first-order chi connectivity index (χ1) is 11.0. The maximum atomic E-state index is 11.3. The molecule has 1 aliphatic heterocycles. The van der Waals surface area contributed by atoms with Gasteiger partial charge < -0.3 is 15.8 Å². The van der Waals surface area contributed by atoms with Gasteiger partial charge in [-0.2, -0.15) is 5.10 Å². The summed E-state index contributed by atoms with van der Waals surface area (Å²) in [7, 11) is 0. The lowest BCUT2D eigenvalue weighted by Gasteiger charge is -2.18. The molecule has 0 saturated carbocycles. The molecule has 118 valence electrons. The second-order valence-corrected chi connectivity index (χ2v) is 6.51. The van der Waals surface area contributed by atoms with Crippen molar-refractivity contribution >= 4 is 56.6 Å². The number of fused-ring (bicyclic) bond motifs is 1. The molecule has 0 bridgehead atoms. The summed E-state index contributed by atoms with van der Waals surface area (Å²) in [6, 6.07) is 5.45. The van der Waals surface area contributed by atoms with E-state index >= 15 is 0 Å². The lowest BCUT2D eigenvalue weighted by atomic mass is 10.1. The Labute approximate surface area is 140 Å². The fourth-order valence-electron chi connectivity index (χ4n) is 2.26. The molecule has 8 nitrogen and oxygen atoms in total. The molecule has 1 unspecified atom stereocenters. The molecule has 0 aliphatic carbocycles. The minimum absolute atomic E-state index is 0.0876. The zero-order valence-corrected chi connectivity index (χ0v) is 13.5. The fraction of sp³-hybridized carbons (Fsp3) is 0.154. The SMILES string of the molecule is CC1SC(=O)NN=C1c1ccc2[nH]c(O)c(N=NC(N)=S)c2c1. The van der Waals surface area contributed by atoms with E-state index < -0.39 is 0 Å². The van der Waals surface area contributed by atoms with Gasteiger partial charge in [0.2, 0.25) is 11.0 Å². The topological polar surface area (TPSA) is 128 Å². The van der Waals surface area contributed by atoms with Crippen molar-refractivity contribution in [2.24, 2.45) is 21.1 Å². The summed E-state index contributed by atoms with van der Waals surface area (Å²) in [6.07, 6.45) is 0. The molecule has 2 heterocycles. The summed E-state index contributed by atoms with van der Waals surface area (Å²) in [5, 5.41) is 21.8. The summed E-state index contributed by atoms with van der Waals surface area (Å²) in [6.45, 7) is 1.90. The molecule has 1 aromatic carbocycles. The van der Waals surface area contributed by atoms with Crippen LogP contribution in [0.15, 0.2) is 33.5 Å². The lowest BCUT2D eigenvalue weighted by Crippen LogP contribution is -2.29. The van der Waals surface area contributed by atoms with Crippen molar-refractivity contribution in [1.82, 2.24) is 10.4 Å². The van der Waals surface area contributed by atoms with Gasteiger partial charge >= 0.3 is 0 Å². The molecule has 1 aromatic heterocycles. The van der Waals surface area contributed by atoms with Crippen molar-refractivity contribution in [3.8, 4) is 5.88 Å². The second-order valence-electron chi connectivity index (χ2n) is 4.78. The third kappa shape index (κ3) is 3.03. The number of nitrogens with zero attached hydrogens (tertiary/aromatic N) is 3. The Balaban J connectivity index is 2.09. The smallest absolute Gasteiger partial charge is 0.299 e. The highest BCUT2D eigenvalue weighted by atomic mass is 32.2. The number of thioether (sulfide) groups is 1. The van der Waals surface area contributed by atoms with E-state index in [1.807, 2.05) is 19.1 Å². The molecule has 1 atom stereocenters. The number of nitrogens with one attached hydrogen (secondary N) is 2. The Kier molecular flexibility index (Phi) is 4.01. The standard InChI is InChI=1S/C13H12N6O2S2/c1-5-9(16-19-13(21)23-5)6-2-3-8-7(4-6)10(11(20)15-8)17-18-12(14)22/h2-5,15,20H,1H3,(H2,14,22)(H,19,21). The third-order valence-corrected chi connectivity index (χ3v) is 4.20. The first kappa shape index (κ1) is 15.4. The van der Waals surface area contributed by atoms with Gasteiger partial charge in [-0.05, 0) is 36.8 Å². The summed E-state index contributed by atoms with van der Waals surface area (Å²) in [5.74, 6) is -0.126. The zero-order chi connectivity index (χ0) is 16.6. The van der Waals surface area contributed by atoms with E-state index in [0.717, 1.165) is 23.0 Å². The van der Waals surface area contributed by atoms with Crippen LogP contribution in [-0.4, -0.2) is 31.4 Å². The number of amides is 1. The molecule has 0 fully saturated rings. The molecule has 0 spiro atoms. The summed E-state index contributed by atoms with van der Waals surface area (Å²) in [4.78, 5) is 14.1. The van der Waals surface area contributed by atoms with Crippen LogP contribution in [0.4, 0.5) is 10.5 Å². The van der Waals surface area contributed by atoms with Crippen LogP contribution in [0.5, 0.6) is 5.88 Å². The number of H-pyrrole nitrogens is 1. The third-order valence-electron chi connectivity index (χ3n) is 3.23. The van der Waals surface area contributed by atoms with Crippen molar-refractivity contribution in [2.45, 2.75) is 12.2 Å². The van der Waals surface area contributed by atoms with Crippen LogP contribution in [0, 0.1) is 0 Å². The van der Waals surface area contributed by atoms with E-state index in [0.29, 0.717) is 10.9 Å². The number of aromatic amines is 1. The monoisotopic (exact) mass is 348 g/mol. The van der Waals surface area contributed by atoms with Crippen LogP contribution in [0.25, 0.3) is 10.9 Å². The van der Waals surface area contributed by atoms with Crippen LogP contribution in [0.3, 0.4) is 0 Å². The van der Waals surface area contributed by atoms with E-state index in [1.165, 1.54) is 0 Å². The van der Waals surface area contributed by atoms with E-state index in [1.54, 1.807) is 6.07 Å². The van der Waals surface area contributed by atoms with Gasteiger partial charge in [-0.1, -0.05) is 17.8 Å². The maximum absolute atomic E-state index is 11.3. The maximum Gasteiger partial charge on any atom is 0.299 e. The molecule has 10 heteroatoms. The van der Waals surface area contributed by atoms with Crippen LogP contribution in [0.2, 0.25) is 0 Å². The van der Waals surface area contributed by atoms with Crippen molar-refractivity contribution in [3.05, 3.63) is 23.8 Å². The van der Waals surface area contributed by atoms with Gasteiger partial charge in [-0.25, -0.2) is 5.43 Å². The summed E-state index contributed by atoms with van der Waals surface area (Å²) >= 11 is 5.81. The minimum atomic E-state index is -0.187. The van der Waals surface area contributed by atoms with Crippen molar-refractivity contribution in [1.29, 1.82) is 0 Å². The molecule has 1 amide bonds. The molecule has 1 aliphatic rings. The number of nitrogens with two attached hydrogens (primary N) is 1. The number of thiocarbonyl (C=S) groups is 1. The fourth-order valence-corrected chi connectivity index (χ4v) is 3.02. The Hall–Kier alpha value is -2.46. The average Bonchev–Trinajstić information content (AvgIpc) is 2.79. The van der Waals surface area contributed by atoms with Crippen molar-refractivity contribution in [3.63, 3.8) is 0 Å². The normalized spacial score (nSPS) is 18.2. The highest BCUT2D eigenvalue weighted by molar-refractivity contribution is 8.14. The molecule has 2 aromatic rings. The number of carbonyl (C=O) groups is 1. The van der Waals surface area contributed by atoms with E-state index in [-0.39, 0.29) is 27.2 Å². The summed E-state index contributed by atoms with van der Waals surface area (Å²) < 4.78 is 0. The summed E-state index contributed by atoms with van der Waals surface area (Å²) in [5.41, 5.74) is 10.2. The lowest BCUT2D eigenvalue weighted by molar-refractivity contribution is 0.261. The van der Waals surface area contributed by atoms with Gasteiger partial charge in [0.15, 0.2) is 5.69 Å². The van der Waals surface area contributed by atoms with Gasteiger partial charge in [-0.15, -0.1) is 10.2 Å². The van der Waals surface area contributed by atoms with Crippen LogP contribution < -0.4 is 11.2 Å². The number of carbonyl (C=O) groups excluding carboxylic acids is 1. The minimum Gasteiger partial charge on any atom is -0.493 e. The Morgan fingerprint density at radius 1 is 1.52 bits per heavy atom. The molecular weight excluding hydrogens is 336 g/mol. The zero-order valence-electron chi connectivity index (χ0n) is 11.9. The molecule has 3 rings (SSSR count). The Morgan fingerprint density at radius 3 is 3.00 bits per heavy atom. The van der Waals surface area contributed by atoms with E-state index in [9.17, 15) is 9.90 Å². The van der Waals surface area contributed by atoms with Gasteiger partial charge in [0.05, 0.1) is 16.5 Å². The van der Waals surface area contributed by atoms with Crippen LogP contribution in [0.1, 0.15) is 12.5 Å². The van der Waals surface area contributed by atoms with Gasteiger partial charge in [0.1, 0.15) is 0 Å². The van der Waals surface area contributed by atoms with E-state index in [4.69, 9.17) is 5.73 Å². The van der Waals surface area contributed by atoms with Gasteiger partial charge in [0.25, 0.3) is 5.24 Å². The van der Waals surface area contributed by atoms with Gasteiger partial charge in [0, 0.05) is 5.39 Å². The number of hydrazone groups is 1. The highest BCUT2D eigenvalue weighted by Crippen LogP contribution is 2.36. The number of aromatic hydroxyl groups is 1. The Morgan fingerprint density at radius 2 is 2.30 bits per heavy atom. The first-order valence-electron chi connectivity index (χ1n) is 6.56. The Bertz CT molecular complexity index is 873. The van der Waals surface area contributed by atoms with Gasteiger partial charge in [-0.3, -0.25) is 4.79 Å². The van der Waals surface area contributed by atoms with Crippen molar-refractivity contribution in [2.75, 3.05) is 0 Å². The quantitative estimate of drug-likeness (QED) is 0.490. The number of azo groups is 1. The largest absolute Gasteiger partial charge is 0.493 e. The molecular formula is C13H12N6O2S2. The van der Waals surface area contributed by atoms with Crippen molar-refractivity contribution < 1.29 is 9.90 Å². The molecule has 5 N–H and O–H groups in total. The number of rotatable bonds is 2. The van der Waals surface area contributed by atoms with Crippen LogP contribution >= 0.6 is 24.0 Å². The van der Waals surface area contributed by atoms with Crippen LogP contribution in [-0.2, 0) is 0 Å². The molecule has 0 saturated heterocycles. The molecule has 23 heavy (non-hydrogen) atoms. The predicted molar refractivity (Wildman–Crippen MR) is 93.4 cm³/mol. The average molecular weight is 348 g/mol. The number of aromatic nitrogens is 1. The number of hydrogen-bond acceptors (Lipinski definition) is 6. The number of benzene rings is 1. The highest BCUT2D eigenvalue weighted by Gasteiger charge is 2.23. The molecule has 0 radical (unpaired) electrons.